The Hall–Kier alpha value is -3.16. The van der Waals surface area contributed by atoms with Gasteiger partial charge in [0.05, 0.1) is 22.7 Å². The summed E-state index contributed by atoms with van der Waals surface area (Å²) in [6.07, 6.45) is -0.181. The van der Waals surface area contributed by atoms with Gasteiger partial charge in [0.25, 0.3) is 5.91 Å². The summed E-state index contributed by atoms with van der Waals surface area (Å²) in [6, 6.07) is 16.2. The molecule has 0 saturated carbocycles. The Bertz CT molecular complexity index is 1070. The molecule has 146 valence electrons. The average molecular weight is 426 g/mol. The smallest absolute Gasteiger partial charge is 0.269 e. The highest BCUT2D eigenvalue weighted by Crippen LogP contribution is 2.34. The first-order chi connectivity index (χ1) is 14.0. The Balaban J connectivity index is 1.62. The van der Waals surface area contributed by atoms with Crippen molar-refractivity contribution in [2.75, 3.05) is 15.5 Å². The van der Waals surface area contributed by atoms with Crippen molar-refractivity contribution in [2.45, 2.75) is 12.5 Å². The van der Waals surface area contributed by atoms with Crippen molar-refractivity contribution in [3.63, 3.8) is 0 Å². The third-order valence-electron chi connectivity index (χ3n) is 4.49. The van der Waals surface area contributed by atoms with Gasteiger partial charge in [0.1, 0.15) is 6.04 Å². The molecule has 2 aromatic carbocycles. The van der Waals surface area contributed by atoms with Crippen LogP contribution in [0.4, 0.5) is 17.1 Å². The fourth-order valence-electron chi connectivity index (χ4n) is 3.17. The number of thiophene rings is 1. The fraction of sp³-hybridized carbons (Fsp3) is 0.0952. The molecule has 8 heteroatoms. The molecular weight excluding hydrogens is 410 g/mol. The van der Waals surface area contributed by atoms with Gasteiger partial charge in [-0.1, -0.05) is 29.8 Å². The zero-order chi connectivity index (χ0) is 20.4. The number of hydrogen-bond donors (Lipinski definition) is 2. The maximum Gasteiger partial charge on any atom is 0.269 e. The predicted octanol–water partition coefficient (Wildman–Crippen LogP) is 4.40. The first kappa shape index (κ1) is 19.2. The highest BCUT2D eigenvalue weighted by atomic mass is 35.5. The molecule has 0 fully saturated rings. The van der Waals surface area contributed by atoms with Crippen LogP contribution in [0.2, 0.25) is 5.02 Å². The van der Waals surface area contributed by atoms with E-state index in [1.165, 1.54) is 16.2 Å². The van der Waals surface area contributed by atoms with Gasteiger partial charge in [-0.3, -0.25) is 19.3 Å². The van der Waals surface area contributed by atoms with E-state index in [9.17, 15) is 14.4 Å². The van der Waals surface area contributed by atoms with Gasteiger partial charge in [-0.2, -0.15) is 0 Å². The number of halogens is 1. The topological polar surface area (TPSA) is 78.5 Å². The highest BCUT2D eigenvalue weighted by Gasteiger charge is 2.38. The number of rotatable bonds is 4. The molecule has 29 heavy (non-hydrogen) atoms. The van der Waals surface area contributed by atoms with Gasteiger partial charge in [0.2, 0.25) is 11.8 Å². The molecule has 1 aliphatic rings. The van der Waals surface area contributed by atoms with E-state index in [-0.39, 0.29) is 18.2 Å². The summed E-state index contributed by atoms with van der Waals surface area (Å²) in [7, 11) is 0. The van der Waals surface area contributed by atoms with Gasteiger partial charge in [0.15, 0.2) is 0 Å². The van der Waals surface area contributed by atoms with Crippen LogP contribution in [0, 0.1) is 0 Å². The zero-order valence-electron chi connectivity index (χ0n) is 15.1. The molecule has 3 aromatic rings. The number of para-hydroxylation sites is 2. The van der Waals surface area contributed by atoms with E-state index < -0.39 is 11.9 Å². The second kappa shape index (κ2) is 8.06. The largest absolute Gasteiger partial charge is 0.326 e. The molecule has 1 aromatic heterocycles. The number of hydrogen-bond acceptors (Lipinski definition) is 4. The lowest BCUT2D eigenvalue weighted by molar-refractivity contribution is -0.122. The first-order valence-electron chi connectivity index (χ1n) is 8.85. The number of fused-ring (bicyclic) bond motifs is 1. The van der Waals surface area contributed by atoms with Crippen molar-refractivity contribution < 1.29 is 14.4 Å². The van der Waals surface area contributed by atoms with Crippen molar-refractivity contribution in [1.82, 2.24) is 0 Å². The quantitative estimate of drug-likeness (QED) is 0.650. The monoisotopic (exact) mass is 425 g/mol. The Kier molecular flexibility index (Phi) is 5.33. The van der Waals surface area contributed by atoms with Crippen LogP contribution in [0.1, 0.15) is 16.1 Å². The minimum atomic E-state index is -0.966. The van der Waals surface area contributed by atoms with Gasteiger partial charge in [-0.05, 0) is 47.8 Å². The standard InChI is InChI=1S/C21H16ClN3O3S/c22-13-7-9-14(10-8-13)23-19(26)12-17-20(27)24-15-4-1-2-5-16(15)25(17)21(28)18-6-3-11-29-18/h1-11,17H,12H2,(H,23,26)(H,24,27). The molecule has 2 heterocycles. The zero-order valence-corrected chi connectivity index (χ0v) is 16.7. The van der Waals surface area contributed by atoms with Crippen LogP contribution in [0.3, 0.4) is 0 Å². The second-order valence-electron chi connectivity index (χ2n) is 6.43. The number of carbonyl (C=O) groups excluding carboxylic acids is 3. The van der Waals surface area contributed by atoms with Crippen LogP contribution < -0.4 is 15.5 Å². The van der Waals surface area contributed by atoms with Crippen molar-refractivity contribution >= 4 is 57.7 Å². The van der Waals surface area contributed by atoms with Crippen LogP contribution in [0.5, 0.6) is 0 Å². The van der Waals surface area contributed by atoms with E-state index in [4.69, 9.17) is 11.6 Å². The molecule has 0 saturated heterocycles. The molecular formula is C21H16ClN3O3S. The summed E-state index contributed by atoms with van der Waals surface area (Å²) in [4.78, 5) is 40.5. The van der Waals surface area contributed by atoms with Crippen molar-refractivity contribution in [1.29, 1.82) is 0 Å². The third kappa shape index (κ3) is 4.01. The summed E-state index contributed by atoms with van der Waals surface area (Å²) >= 11 is 7.15. The lowest BCUT2D eigenvalue weighted by Crippen LogP contribution is -2.52. The molecule has 4 rings (SSSR count). The second-order valence-corrected chi connectivity index (χ2v) is 7.82. The minimum Gasteiger partial charge on any atom is -0.326 e. The van der Waals surface area contributed by atoms with Crippen LogP contribution in [0.25, 0.3) is 0 Å². The number of nitrogens with zero attached hydrogens (tertiary/aromatic N) is 1. The molecule has 0 spiro atoms. The summed E-state index contributed by atoms with van der Waals surface area (Å²) in [5.41, 5.74) is 1.67. The Morgan fingerprint density at radius 3 is 2.55 bits per heavy atom. The predicted molar refractivity (Wildman–Crippen MR) is 115 cm³/mol. The maximum absolute atomic E-state index is 13.2. The van der Waals surface area contributed by atoms with Crippen LogP contribution in [-0.2, 0) is 9.59 Å². The maximum atomic E-state index is 13.2. The summed E-state index contributed by atoms with van der Waals surface area (Å²) < 4.78 is 0. The molecule has 1 aliphatic heterocycles. The van der Waals surface area contributed by atoms with Gasteiger partial charge in [0, 0.05) is 10.7 Å². The molecule has 0 aliphatic carbocycles. The van der Waals surface area contributed by atoms with E-state index in [1.54, 1.807) is 66.0 Å². The van der Waals surface area contributed by atoms with Gasteiger partial charge in [-0.25, -0.2) is 0 Å². The van der Waals surface area contributed by atoms with Gasteiger partial charge >= 0.3 is 0 Å². The molecule has 1 unspecified atom stereocenters. The molecule has 2 N–H and O–H groups in total. The van der Waals surface area contributed by atoms with Gasteiger partial charge < -0.3 is 10.6 Å². The van der Waals surface area contributed by atoms with Gasteiger partial charge in [-0.15, -0.1) is 11.3 Å². The Labute approximate surface area is 176 Å². The van der Waals surface area contributed by atoms with Crippen molar-refractivity contribution in [3.05, 3.63) is 75.9 Å². The van der Waals surface area contributed by atoms with E-state index >= 15 is 0 Å². The minimum absolute atomic E-state index is 0.181. The first-order valence-corrected chi connectivity index (χ1v) is 10.1. The van der Waals surface area contributed by atoms with E-state index in [0.717, 1.165) is 0 Å². The lowest BCUT2D eigenvalue weighted by atomic mass is 10.0. The van der Waals surface area contributed by atoms with Crippen LogP contribution in [0.15, 0.2) is 66.0 Å². The number of nitrogens with one attached hydrogen (secondary N) is 2. The van der Waals surface area contributed by atoms with E-state index in [0.29, 0.717) is 27.0 Å². The van der Waals surface area contributed by atoms with E-state index in [1.807, 2.05) is 0 Å². The fourth-order valence-corrected chi connectivity index (χ4v) is 3.95. The summed E-state index contributed by atoms with van der Waals surface area (Å²) in [5.74, 6) is -1.10. The summed E-state index contributed by atoms with van der Waals surface area (Å²) in [6.45, 7) is 0. The lowest BCUT2D eigenvalue weighted by Gasteiger charge is -2.35. The van der Waals surface area contributed by atoms with Crippen LogP contribution in [-0.4, -0.2) is 23.8 Å². The Morgan fingerprint density at radius 1 is 1.07 bits per heavy atom. The molecule has 1 atom stereocenters. The highest BCUT2D eigenvalue weighted by molar-refractivity contribution is 7.12. The SMILES string of the molecule is O=C(CC1C(=O)Nc2ccccc2N1C(=O)c1cccs1)Nc1ccc(Cl)cc1. The number of carbonyl (C=O) groups is 3. The molecule has 0 bridgehead atoms. The third-order valence-corrected chi connectivity index (χ3v) is 5.60. The normalized spacial score (nSPS) is 15.4. The molecule has 3 amide bonds. The average Bonchev–Trinajstić information content (AvgIpc) is 3.25. The molecule has 6 nitrogen and oxygen atoms in total. The Morgan fingerprint density at radius 2 is 1.83 bits per heavy atom. The van der Waals surface area contributed by atoms with Crippen molar-refractivity contribution in [2.24, 2.45) is 0 Å². The number of benzene rings is 2. The number of anilines is 3. The summed E-state index contributed by atoms with van der Waals surface area (Å²) in [5, 5.41) is 7.88. The van der Waals surface area contributed by atoms with Crippen molar-refractivity contribution in [3.8, 4) is 0 Å². The van der Waals surface area contributed by atoms with Crippen LogP contribution >= 0.6 is 22.9 Å². The molecule has 0 radical (unpaired) electrons. The number of amides is 3. The van der Waals surface area contributed by atoms with E-state index in [2.05, 4.69) is 10.6 Å².